The molecular weight excluding hydrogens is 107 g/mol. The summed E-state index contributed by atoms with van der Waals surface area (Å²) >= 11 is 0. The van der Waals surface area contributed by atoms with Crippen LogP contribution in [0.3, 0.4) is 0 Å². The maximum absolute atomic E-state index is 11.9. The standard InChI is InChI=1S/C6H7FO/c1-3-6(4-8)5(2)7/h3-4H,1H2,2H3/b6-5-. The summed E-state index contributed by atoms with van der Waals surface area (Å²) < 4.78 is 11.9. The molecule has 0 spiro atoms. The molecule has 0 bridgehead atoms. The summed E-state index contributed by atoms with van der Waals surface area (Å²) in [5.74, 6) is -0.491. The lowest BCUT2D eigenvalue weighted by atomic mass is 10.3. The highest BCUT2D eigenvalue weighted by Crippen LogP contribution is 2.01. The lowest BCUT2D eigenvalue weighted by molar-refractivity contribution is -0.104. The Bertz CT molecular complexity index is 121. The molecule has 8 heavy (non-hydrogen) atoms. The molecule has 0 heterocycles. The van der Waals surface area contributed by atoms with Crippen molar-refractivity contribution in [3.63, 3.8) is 0 Å². The van der Waals surface area contributed by atoms with Gasteiger partial charge in [-0.2, -0.15) is 0 Å². The summed E-state index contributed by atoms with van der Waals surface area (Å²) in [7, 11) is 0. The third-order valence-corrected chi connectivity index (χ3v) is 0.745. The van der Waals surface area contributed by atoms with Crippen molar-refractivity contribution in [3.05, 3.63) is 24.1 Å². The Labute approximate surface area is 47.5 Å². The maximum atomic E-state index is 11.9. The van der Waals surface area contributed by atoms with Crippen molar-refractivity contribution in [2.45, 2.75) is 6.92 Å². The number of allylic oxidation sites excluding steroid dienone is 3. The molecule has 1 nitrogen and oxygen atoms in total. The molecule has 0 aliphatic rings. The molecule has 0 radical (unpaired) electrons. The third-order valence-electron chi connectivity index (χ3n) is 0.745. The van der Waals surface area contributed by atoms with Gasteiger partial charge >= 0.3 is 0 Å². The maximum Gasteiger partial charge on any atom is 0.152 e. The quantitative estimate of drug-likeness (QED) is 0.303. The van der Waals surface area contributed by atoms with Gasteiger partial charge in [0.25, 0.3) is 0 Å². The highest BCUT2D eigenvalue weighted by atomic mass is 19.1. The van der Waals surface area contributed by atoms with Crippen LogP contribution in [-0.4, -0.2) is 6.29 Å². The lowest BCUT2D eigenvalue weighted by Crippen LogP contribution is -1.79. The molecule has 0 aromatic heterocycles. The molecule has 0 aromatic carbocycles. The van der Waals surface area contributed by atoms with Crippen LogP contribution in [0.5, 0.6) is 0 Å². The predicted octanol–water partition coefficient (Wildman–Crippen LogP) is 1.61. The first kappa shape index (κ1) is 7.08. The van der Waals surface area contributed by atoms with Gasteiger partial charge in [0.1, 0.15) is 5.83 Å². The SMILES string of the molecule is C=C/C(C=O)=C(\C)F. The summed E-state index contributed by atoms with van der Waals surface area (Å²) in [5, 5.41) is 0. The summed E-state index contributed by atoms with van der Waals surface area (Å²) in [6, 6.07) is 0. The molecule has 0 aliphatic heterocycles. The summed E-state index contributed by atoms with van der Waals surface area (Å²) in [6.07, 6.45) is 1.62. The fraction of sp³-hybridized carbons (Fsp3) is 0.167. The molecule has 44 valence electrons. The van der Waals surface area contributed by atoms with Gasteiger partial charge in [0, 0.05) is 5.57 Å². The van der Waals surface area contributed by atoms with E-state index in [1.165, 1.54) is 13.0 Å². The van der Waals surface area contributed by atoms with E-state index in [1.54, 1.807) is 0 Å². The molecule has 2 heteroatoms. The van der Waals surface area contributed by atoms with Crippen LogP contribution in [-0.2, 0) is 4.79 Å². The van der Waals surface area contributed by atoms with Crippen molar-refractivity contribution < 1.29 is 9.18 Å². The van der Waals surface area contributed by atoms with Crippen molar-refractivity contribution in [2.75, 3.05) is 0 Å². The van der Waals surface area contributed by atoms with E-state index in [4.69, 9.17) is 0 Å². The van der Waals surface area contributed by atoms with Crippen LogP contribution in [0.2, 0.25) is 0 Å². The second-order valence-electron chi connectivity index (χ2n) is 1.31. The highest BCUT2D eigenvalue weighted by molar-refractivity contribution is 5.77. The smallest absolute Gasteiger partial charge is 0.152 e. The Morgan fingerprint density at radius 2 is 2.25 bits per heavy atom. The van der Waals surface area contributed by atoms with Crippen molar-refractivity contribution in [1.82, 2.24) is 0 Å². The molecule has 0 unspecified atom stereocenters. The first-order valence-electron chi connectivity index (χ1n) is 2.16. The van der Waals surface area contributed by atoms with Crippen molar-refractivity contribution >= 4 is 6.29 Å². The van der Waals surface area contributed by atoms with Crippen LogP contribution in [0.15, 0.2) is 24.1 Å². The fourth-order valence-corrected chi connectivity index (χ4v) is 0.270. The second-order valence-corrected chi connectivity index (χ2v) is 1.31. The summed E-state index contributed by atoms with van der Waals surface area (Å²) in [5.41, 5.74) is 0.0185. The number of hydrogen-bond acceptors (Lipinski definition) is 1. The Balaban J connectivity index is 4.30. The lowest BCUT2D eigenvalue weighted by Gasteiger charge is -1.84. The van der Waals surface area contributed by atoms with Gasteiger partial charge < -0.3 is 0 Å². The highest BCUT2D eigenvalue weighted by Gasteiger charge is 1.91. The van der Waals surface area contributed by atoms with Gasteiger partial charge in [-0.15, -0.1) is 0 Å². The average molecular weight is 114 g/mol. The van der Waals surface area contributed by atoms with E-state index in [-0.39, 0.29) is 5.57 Å². The van der Waals surface area contributed by atoms with Crippen LogP contribution in [0.25, 0.3) is 0 Å². The number of carbonyl (C=O) groups is 1. The number of halogens is 1. The zero-order valence-electron chi connectivity index (χ0n) is 4.65. The molecule has 0 rings (SSSR count). The van der Waals surface area contributed by atoms with Gasteiger partial charge in [0.05, 0.1) is 0 Å². The molecule has 0 aliphatic carbocycles. The first-order valence-corrected chi connectivity index (χ1v) is 2.16. The van der Waals surface area contributed by atoms with Gasteiger partial charge in [-0.3, -0.25) is 4.79 Å². The van der Waals surface area contributed by atoms with Gasteiger partial charge in [-0.05, 0) is 6.92 Å². The minimum Gasteiger partial charge on any atom is -0.298 e. The zero-order chi connectivity index (χ0) is 6.57. The van der Waals surface area contributed by atoms with E-state index >= 15 is 0 Å². The minimum absolute atomic E-state index is 0.0185. The normalized spacial score (nSPS) is 12.2. The number of hydrogen-bond donors (Lipinski definition) is 0. The van der Waals surface area contributed by atoms with Crippen LogP contribution >= 0.6 is 0 Å². The van der Waals surface area contributed by atoms with Crippen LogP contribution in [0.1, 0.15) is 6.92 Å². The van der Waals surface area contributed by atoms with Crippen LogP contribution in [0.4, 0.5) is 4.39 Å². The number of aldehydes is 1. The van der Waals surface area contributed by atoms with E-state index in [2.05, 4.69) is 6.58 Å². The van der Waals surface area contributed by atoms with Crippen molar-refractivity contribution in [2.24, 2.45) is 0 Å². The molecule has 0 saturated heterocycles. The van der Waals surface area contributed by atoms with Gasteiger partial charge in [-0.25, -0.2) is 4.39 Å². The number of carbonyl (C=O) groups excluding carboxylic acids is 1. The summed E-state index contributed by atoms with van der Waals surface area (Å²) in [4.78, 5) is 9.81. The molecule has 0 saturated carbocycles. The zero-order valence-corrected chi connectivity index (χ0v) is 4.65. The molecule has 0 amide bonds. The van der Waals surface area contributed by atoms with E-state index in [0.29, 0.717) is 6.29 Å². The van der Waals surface area contributed by atoms with E-state index in [1.807, 2.05) is 0 Å². The predicted molar refractivity (Wildman–Crippen MR) is 30.1 cm³/mol. The Hall–Kier alpha value is -0.920. The summed E-state index contributed by atoms with van der Waals surface area (Å²) in [6.45, 7) is 4.44. The van der Waals surface area contributed by atoms with E-state index < -0.39 is 5.83 Å². The average Bonchev–Trinajstić information content (AvgIpc) is 1.69. The van der Waals surface area contributed by atoms with E-state index in [0.717, 1.165) is 0 Å². The molecule has 0 N–H and O–H groups in total. The Morgan fingerprint density at radius 1 is 1.75 bits per heavy atom. The van der Waals surface area contributed by atoms with Crippen LogP contribution in [0, 0.1) is 0 Å². The van der Waals surface area contributed by atoms with Gasteiger partial charge in [0.2, 0.25) is 0 Å². The Morgan fingerprint density at radius 3 is 2.25 bits per heavy atom. The number of rotatable bonds is 2. The molecule has 0 aromatic rings. The molecule has 0 atom stereocenters. The van der Waals surface area contributed by atoms with Crippen LogP contribution < -0.4 is 0 Å². The monoisotopic (exact) mass is 114 g/mol. The second kappa shape index (κ2) is 3.13. The Kier molecular flexibility index (Phi) is 2.77. The van der Waals surface area contributed by atoms with E-state index in [9.17, 15) is 9.18 Å². The van der Waals surface area contributed by atoms with Gasteiger partial charge in [0.15, 0.2) is 6.29 Å². The van der Waals surface area contributed by atoms with Crippen molar-refractivity contribution in [3.8, 4) is 0 Å². The molecular formula is C6H7FO. The fourth-order valence-electron chi connectivity index (χ4n) is 0.270. The molecule has 0 fully saturated rings. The van der Waals surface area contributed by atoms with Crippen molar-refractivity contribution in [1.29, 1.82) is 0 Å². The topological polar surface area (TPSA) is 17.1 Å². The van der Waals surface area contributed by atoms with Gasteiger partial charge in [-0.1, -0.05) is 12.7 Å². The first-order chi connectivity index (χ1) is 3.72. The largest absolute Gasteiger partial charge is 0.298 e. The third kappa shape index (κ3) is 1.69. The minimum atomic E-state index is -0.491.